The van der Waals surface area contributed by atoms with Gasteiger partial charge < -0.3 is 24.0 Å². The van der Waals surface area contributed by atoms with Crippen molar-refractivity contribution in [3.63, 3.8) is 0 Å². The van der Waals surface area contributed by atoms with E-state index in [0.29, 0.717) is 0 Å². The number of rotatable bonds is 20. The minimum atomic E-state index is 0. The first-order valence-corrected chi connectivity index (χ1v) is 11.4. The third-order valence-electron chi connectivity index (χ3n) is 5.19. The van der Waals surface area contributed by atoms with Crippen LogP contribution in [0.1, 0.15) is 104 Å². The number of hydrogen-bond acceptors (Lipinski definition) is 2. The smallest absolute Gasteiger partial charge is 0.381 e. The number of ether oxygens (including phenoxy) is 1. The predicted molar refractivity (Wildman–Crippen MR) is 120 cm³/mol. The third-order valence-corrected chi connectivity index (χ3v) is 5.19. The van der Waals surface area contributed by atoms with Gasteiger partial charge >= 0.3 is 31.1 Å². The summed E-state index contributed by atoms with van der Waals surface area (Å²) in [5.74, 6) is 0.778. The van der Waals surface area contributed by atoms with Gasteiger partial charge in [0.15, 0.2) is 0 Å². The van der Waals surface area contributed by atoms with Crippen molar-refractivity contribution in [3.8, 4) is 0 Å². The van der Waals surface area contributed by atoms with Crippen molar-refractivity contribution in [2.75, 3.05) is 32.8 Å². The van der Waals surface area contributed by atoms with E-state index in [1.165, 1.54) is 96.7 Å². The molecule has 0 fully saturated rings. The molecule has 0 N–H and O–H groups in total. The molecule has 0 aliphatic heterocycles. The summed E-state index contributed by atoms with van der Waals surface area (Å²) in [6, 6.07) is 0. The van der Waals surface area contributed by atoms with E-state index in [-0.39, 0.29) is 38.5 Å². The van der Waals surface area contributed by atoms with Crippen LogP contribution < -0.4 is 0 Å². The molecule has 0 aliphatic rings. The van der Waals surface area contributed by atoms with E-state index in [0.717, 1.165) is 25.6 Å². The standard InChI is InChI=1S/C23H48NO.CH3.U/c1-5-9-11-14-19-24(18-10-6-2)20-15-12-13-16-21-25-22-23(8-4)17-7-3;;/h23H,1,5-22H2,2-4H3;1H3;/q2*-1;+2. The van der Waals surface area contributed by atoms with Gasteiger partial charge in [0, 0.05) is 13.2 Å². The van der Waals surface area contributed by atoms with Gasteiger partial charge in [-0.25, -0.2) is 0 Å². The minimum Gasteiger partial charge on any atom is -0.381 e. The molecule has 0 spiro atoms. The molecule has 1 unspecified atom stereocenters. The summed E-state index contributed by atoms with van der Waals surface area (Å²) in [5, 5.41) is 0. The molecular formula is C24H51NOU. The second-order valence-corrected chi connectivity index (χ2v) is 7.66. The molecule has 0 radical (unpaired) electrons. The van der Waals surface area contributed by atoms with Crippen molar-refractivity contribution < 1.29 is 35.9 Å². The van der Waals surface area contributed by atoms with Crippen LogP contribution in [-0.4, -0.2) is 37.7 Å². The molecule has 162 valence electrons. The topological polar surface area (TPSA) is 12.5 Å². The zero-order chi connectivity index (χ0) is 18.6. The van der Waals surface area contributed by atoms with Gasteiger partial charge in [0.2, 0.25) is 0 Å². The van der Waals surface area contributed by atoms with Crippen LogP contribution >= 0.6 is 0 Å². The Morgan fingerprint density at radius 3 is 1.93 bits per heavy atom. The van der Waals surface area contributed by atoms with Crippen LogP contribution in [0, 0.1) is 51.4 Å². The van der Waals surface area contributed by atoms with Crippen LogP contribution in [0.25, 0.3) is 0 Å². The number of hydrogen-bond donors (Lipinski definition) is 0. The molecule has 0 amide bonds. The zero-order valence-corrected chi connectivity index (χ0v) is 23.5. The first kappa shape index (κ1) is 32.6. The van der Waals surface area contributed by atoms with Crippen molar-refractivity contribution in [3.05, 3.63) is 14.4 Å². The van der Waals surface area contributed by atoms with Crippen LogP contribution in [0.5, 0.6) is 0 Å². The maximum atomic E-state index is 5.88. The average molecular weight is 608 g/mol. The summed E-state index contributed by atoms with van der Waals surface area (Å²) >= 11 is 0. The Labute approximate surface area is 197 Å². The van der Waals surface area contributed by atoms with Crippen LogP contribution in [-0.2, 0) is 4.74 Å². The van der Waals surface area contributed by atoms with Gasteiger partial charge in [0.05, 0.1) is 0 Å². The summed E-state index contributed by atoms with van der Waals surface area (Å²) in [6.45, 7) is 16.6. The van der Waals surface area contributed by atoms with Crippen molar-refractivity contribution >= 4 is 0 Å². The number of unbranched alkanes of at least 4 members (excludes halogenated alkanes) is 7. The maximum Gasteiger partial charge on any atom is 2.00 e. The number of nitrogens with zero attached hydrogens (tertiary/aromatic N) is 1. The van der Waals surface area contributed by atoms with Crippen LogP contribution in [0.2, 0.25) is 0 Å². The monoisotopic (exact) mass is 607 g/mol. The molecule has 0 saturated heterocycles. The molecule has 0 aromatic carbocycles. The Morgan fingerprint density at radius 2 is 1.37 bits per heavy atom. The fraction of sp³-hybridized carbons (Fsp3) is 0.917. The molecule has 0 rings (SSSR count). The van der Waals surface area contributed by atoms with Crippen molar-refractivity contribution in [1.29, 1.82) is 0 Å². The van der Waals surface area contributed by atoms with Gasteiger partial charge in [0.1, 0.15) is 0 Å². The fourth-order valence-electron chi connectivity index (χ4n) is 3.36. The Bertz CT molecular complexity index is 251. The van der Waals surface area contributed by atoms with Gasteiger partial charge in [0.25, 0.3) is 0 Å². The molecule has 1 atom stereocenters. The Hall–Kier alpha value is 0.972. The summed E-state index contributed by atoms with van der Waals surface area (Å²) in [6.07, 6.45) is 16.9. The van der Waals surface area contributed by atoms with Gasteiger partial charge in [-0.15, -0.1) is 0 Å². The maximum absolute atomic E-state index is 5.88. The summed E-state index contributed by atoms with van der Waals surface area (Å²) in [5.41, 5.74) is 0. The Morgan fingerprint density at radius 1 is 0.778 bits per heavy atom. The van der Waals surface area contributed by atoms with E-state index in [1.54, 1.807) is 0 Å². The second-order valence-electron chi connectivity index (χ2n) is 7.66. The summed E-state index contributed by atoms with van der Waals surface area (Å²) < 4.78 is 5.88. The van der Waals surface area contributed by atoms with E-state index >= 15 is 0 Å². The third kappa shape index (κ3) is 23.1. The molecule has 0 aliphatic carbocycles. The van der Waals surface area contributed by atoms with Crippen LogP contribution in [0.15, 0.2) is 0 Å². The van der Waals surface area contributed by atoms with Crippen molar-refractivity contribution in [2.45, 2.75) is 104 Å². The van der Waals surface area contributed by atoms with Gasteiger partial charge in [-0.3, -0.25) is 0 Å². The van der Waals surface area contributed by atoms with Gasteiger partial charge in [-0.2, -0.15) is 6.42 Å². The van der Waals surface area contributed by atoms with Crippen molar-refractivity contribution in [2.24, 2.45) is 5.92 Å². The molecule has 2 nitrogen and oxygen atoms in total. The SMILES string of the molecule is [CH2-]CCCCCN(CCCC)CCCCCCOCC(CC)CCC.[CH3-].[U+2]. The second kappa shape index (κ2) is 27.0. The van der Waals surface area contributed by atoms with E-state index in [1.807, 2.05) is 0 Å². The van der Waals surface area contributed by atoms with E-state index in [4.69, 9.17) is 4.74 Å². The van der Waals surface area contributed by atoms with Gasteiger partial charge in [-0.05, 0) is 57.7 Å². The van der Waals surface area contributed by atoms with Crippen LogP contribution in [0.3, 0.4) is 0 Å². The van der Waals surface area contributed by atoms with E-state index in [9.17, 15) is 0 Å². The first-order valence-electron chi connectivity index (χ1n) is 11.4. The van der Waals surface area contributed by atoms with E-state index in [2.05, 4.69) is 32.6 Å². The average Bonchev–Trinajstić information content (AvgIpc) is 2.63. The quantitative estimate of drug-likeness (QED) is 0.106. The van der Waals surface area contributed by atoms with Gasteiger partial charge in [-0.1, -0.05) is 65.7 Å². The predicted octanol–water partition coefficient (Wildman–Crippen LogP) is 7.34. The van der Waals surface area contributed by atoms with Crippen LogP contribution in [0.4, 0.5) is 0 Å². The summed E-state index contributed by atoms with van der Waals surface area (Å²) in [7, 11) is 0. The minimum absolute atomic E-state index is 0. The molecule has 3 heteroatoms. The molecule has 27 heavy (non-hydrogen) atoms. The van der Waals surface area contributed by atoms with E-state index < -0.39 is 0 Å². The normalized spacial score (nSPS) is 11.9. The largest absolute Gasteiger partial charge is 2.00 e. The zero-order valence-electron chi connectivity index (χ0n) is 19.4. The fourth-order valence-corrected chi connectivity index (χ4v) is 3.36. The molecule has 0 bridgehead atoms. The van der Waals surface area contributed by atoms with Crippen molar-refractivity contribution in [1.82, 2.24) is 4.90 Å². The molecule has 0 aromatic rings. The Kier molecular flexibility index (Phi) is 32.6. The molecule has 0 aromatic heterocycles. The first-order chi connectivity index (χ1) is 12.3. The molecule has 0 heterocycles. The molecular weight excluding hydrogens is 556 g/mol. The summed E-state index contributed by atoms with van der Waals surface area (Å²) in [4.78, 5) is 2.69. The Balaban J connectivity index is -0.00000288. The molecule has 0 saturated carbocycles.